The molecule has 0 bridgehead atoms. The number of hydrogen-bond acceptors (Lipinski definition) is 1. The van der Waals surface area contributed by atoms with Crippen molar-refractivity contribution in [2.75, 3.05) is 0 Å². The number of hydrogen-bond donors (Lipinski definition) is 1. The highest BCUT2D eigenvalue weighted by atomic mass is 79.9. The van der Waals surface area contributed by atoms with E-state index in [-0.39, 0.29) is 5.56 Å². The number of aromatic nitrogens is 1. The van der Waals surface area contributed by atoms with Crippen molar-refractivity contribution in [3.05, 3.63) is 32.2 Å². The molecule has 1 aromatic rings. The van der Waals surface area contributed by atoms with E-state index in [0.29, 0.717) is 0 Å². The van der Waals surface area contributed by atoms with Crippen LogP contribution in [0.25, 0.3) is 0 Å². The highest BCUT2D eigenvalue weighted by molar-refractivity contribution is 9.10. The third-order valence-electron chi connectivity index (χ3n) is 1.49. The molecule has 0 aliphatic heterocycles. The van der Waals surface area contributed by atoms with Gasteiger partial charge in [0.05, 0.1) is 0 Å². The molecule has 1 aromatic heterocycles. The van der Waals surface area contributed by atoms with Gasteiger partial charge in [0.2, 0.25) is 5.56 Å². The number of nitrogens with one attached hydrogen (secondary N) is 1. The largest absolute Gasteiger partial charge is 0.326 e. The smallest absolute Gasteiger partial charge is 0.249 e. The van der Waals surface area contributed by atoms with Crippen molar-refractivity contribution in [1.82, 2.24) is 4.98 Å². The lowest BCUT2D eigenvalue weighted by atomic mass is 10.2. The van der Waals surface area contributed by atoms with Crippen LogP contribution in [0.1, 0.15) is 11.3 Å². The highest BCUT2D eigenvalue weighted by Gasteiger charge is 1.97. The van der Waals surface area contributed by atoms with Crippen LogP contribution < -0.4 is 5.56 Å². The van der Waals surface area contributed by atoms with Crippen LogP contribution in [-0.4, -0.2) is 4.98 Å². The van der Waals surface area contributed by atoms with E-state index in [4.69, 9.17) is 0 Å². The Hall–Kier alpha value is -0.570. The molecule has 0 atom stereocenters. The van der Waals surface area contributed by atoms with Crippen LogP contribution in [0.5, 0.6) is 0 Å². The molecule has 0 aliphatic carbocycles. The summed E-state index contributed by atoms with van der Waals surface area (Å²) in [6.07, 6.45) is 0. The maximum atomic E-state index is 10.8. The minimum atomic E-state index is -0.0602. The summed E-state index contributed by atoms with van der Waals surface area (Å²) in [6, 6.07) is 1.53. The summed E-state index contributed by atoms with van der Waals surface area (Å²) >= 11 is 3.28. The Morgan fingerprint density at radius 1 is 1.50 bits per heavy atom. The SMILES string of the molecule is Cc1[nH]c(=O)cc(Br)c1C. The van der Waals surface area contributed by atoms with Crippen LogP contribution in [0, 0.1) is 13.8 Å². The van der Waals surface area contributed by atoms with Crippen molar-refractivity contribution in [3.8, 4) is 0 Å². The third kappa shape index (κ3) is 1.29. The van der Waals surface area contributed by atoms with Crippen LogP contribution in [-0.2, 0) is 0 Å². The Morgan fingerprint density at radius 2 is 2.10 bits per heavy atom. The first kappa shape index (κ1) is 7.54. The van der Waals surface area contributed by atoms with Crippen LogP contribution in [0.4, 0.5) is 0 Å². The Kier molecular flexibility index (Phi) is 1.94. The minimum absolute atomic E-state index is 0.0602. The first-order valence-electron chi connectivity index (χ1n) is 2.97. The van der Waals surface area contributed by atoms with E-state index in [1.807, 2.05) is 13.8 Å². The van der Waals surface area contributed by atoms with Gasteiger partial charge in [0.1, 0.15) is 0 Å². The summed E-state index contributed by atoms with van der Waals surface area (Å²) in [6.45, 7) is 3.83. The number of H-pyrrole nitrogens is 1. The molecule has 0 radical (unpaired) electrons. The molecule has 54 valence electrons. The molecule has 0 spiro atoms. The molecule has 1 N–H and O–H groups in total. The molecule has 0 fully saturated rings. The van der Waals surface area contributed by atoms with E-state index in [1.54, 1.807) is 0 Å². The quantitative estimate of drug-likeness (QED) is 0.682. The van der Waals surface area contributed by atoms with Gasteiger partial charge in [-0.3, -0.25) is 4.79 Å². The summed E-state index contributed by atoms with van der Waals surface area (Å²) < 4.78 is 0.869. The molecular weight excluding hydrogens is 194 g/mol. The van der Waals surface area contributed by atoms with Crippen molar-refractivity contribution in [1.29, 1.82) is 0 Å². The van der Waals surface area contributed by atoms with Gasteiger partial charge >= 0.3 is 0 Å². The minimum Gasteiger partial charge on any atom is -0.326 e. The zero-order valence-corrected chi connectivity index (χ0v) is 7.45. The Morgan fingerprint density at radius 3 is 2.60 bits per heavy atom. The van der Waals surface area contributed by atoms with E-state index in [1.165, 1.54) is 6.07 Å². The third-order valence-corrected chi connectivity index (χ3v) is 2.31. The number of aryl methyl sites for hydroxylation is 1. The van der Waals surface area contributed by atoms with Crippen LogP contribution >= 0.6 is 15.9 Å². The molecule has 0 unspecified atom stereocenters. The van der Waals surface area contributed by atoms with E-state index in [2.05, 4.69) is 20.9 Å². The Balaban J connectivity index is 3.46. The number of halogens is 1. The van der Waals surface area contributed by atoms with Crippen molar-refractivity contribution in [2.45, 2.75) is 13.8 Å². The van der Waals surface area contributed by atoms with Gasteiger partial charge in [-0.1, -0.05) is 15.9 Å². The summed E-state index contributed by atoms with van der Waals surface area (Å²) in [4.78, 5) is 13.5. The van der Waals surface area contributed by atoms with Gasteiger partial charge in [0, 0.05) is 16.2 Å². The van der Waals surface area contributed by atoms with Gasteiger partial charge in [-0.05, 0) is 19.4 Å². The van der Waals surface area contributed by atoms with Gasteiger partial charge in [-0.25, -0.2) is 0 Å². The van der Waals surface area contributed by atoms with E-state index >= 15 is 0 Å². The molecule has 3 heteroatoms. The van der Waals surface area contributed by atoms with Crippen LogP contribution in [0.2, 0.25) is 0 Å². The summed E-state index contributed by atoms with van der Waals surface area (Å²) in [5, 5.41) is 0. The van der Waals surface area contributed by atoms with Crippen molar-refractivity contribution < 1.29 is 0 Å². The summed E-state index contributed by atoms with van der Waals surface area (Å²) in [7, 11) is 0. The normalized spacial score (nSPS) is 9.90. The fourth-order valence-electron chi connectivity index (χ4n) is 0.717. The molecule has 0 saturated carbocycles. The highest BCUT2D eigenvalue weighted by Crippen LogP contribution is 2.13. The maximum absolute atomic E-state index is 10.8. The van der Waals surface area contributed by atoms with Gasteiger partial charge in [0.25, 0.3) is 0 Å². The molecular formula is C7H8BrNO. The van der Waals surface area contributed by atoms with E-state index in [0.717, 1.165) is 15.7 Å². The number of pyridine rings is 1. The molecule has 1 heterocycles. The second-order valence-corrected chi connectivity index (χ2v) is 3.09. The zero-order chi connectivity index (χ0) is 7.72. The summed E-state index contributed by atoms with van der Waals surface area (Å²) in [5.74, 6) is 0. The Bertz CT molecular complexity index is 277. The molecule has 1 rings (SSSR count). The van der Waals surface area contributed by atoms with Crippen molar-refractivity contribution in [3.63, 3.8) is 0 Å². The van der Waals surface area contributed by atoms with Crippen molar-refractivity contribution >= 4 is 15.9 Å². The van der Waals surface area contributed by atoms with Crippen LogP contribution in [0.15, 0.2) is 15.3 Å². The van der Waals surface area contributed by atoms with Gasteiger partial charge in [-0.15, -0.1) is 0 Å². The number of rotatable bonds is 0. The topological polar surface area (TPSA) is 32.9 Å². The standard InChI is InChI=1S/C7H8BrNO/c1-4-5(2)9-7(10)3-6(4)8/h3H,1-2H3,(H,9,10). The predicted octanol–water partition coefficient (Wildman–Crippen LogP) is 1.75. The lowest BCUT2D eigenvalue weighted by molar-refractivity contribution is 1.09. The number of aromatic amines is 1. The average Bonchev–Trinajstić information content (AvgIpc) is 1.82. The van der Waals surface area contributed by atoms with E-state index in [9.17, 15) is 4.79 Å². The molecule has 10 heavy (non-hydrogen) atoms. The summed E-state index contributed by atoms with van der Waals surface area (Å²) in [5.41, 5.74) is 1.94. The van der Waals surface area contributed by atoms with Gasteiger partial charge < -0.3 is 4.98 Å². The second-order valence-electron chi connectivity index (χ2n) is 2.23. The monoisotopic (exact) mass is 201 g/mol. The molecule has 0 aliphatic rings. The fourth-order valence-corrected chi connectivity index (χ4v) is 1.22. The maximum Gasteiger partial charge on any atom is 0.249 e. The lowest BCUT2D eigenvalue weighted by Gasteiger charge is -1.99. The second kappa shape index (κ2) is 2.58. The fraction of sp³-hybridized carbons (Fsp3) is 0.286. The molecule has 0 amide bonds. The first-order chi connectivity index (χ1) is 4.61. The molecule has 2 nitrogen and oxygen atoms in total. The average molecular weight is 202 g/mol. The zero-order valence-electron chi connectivity index (χ0n) is 5.86. The Labute approximate surface area is 67.4 Å². The van der Waals surface area contributed by atoms with Crippen LogP contribution in [0.3, 0.4) is 0 Å². The van der Waals surface area contributed by atoms with Gasteiger partial charge in [0.15, 0.2) is 0 Å². The lowest BCUT2D eigenvalue weighted by Crippen LogP contribution is -2.06. The van der Waals surface area contributed by atoms with Crippen molar-refractivity contribution in [2.24, 2.45) is 0 Å². The predicted molar refractivity (Wildman–Crippen MR) is 44.2 cm³/mol. The molecule has 0 aromatic carbocycles. The molecule has 0 saturated heterocycles. The van der Waals surface area contributed by atoms with E-state index < -0.39 is 0 Å². The van der Waals surface area contributed by atoms with Gasteiger partial charge in [-0.2, -0.15) is 0 Å². The first-order valence-corrected chi connectivity index (χ1v) is 3.76.